The lowest BCUT2D eigenvalue weighted by atomic mass is 9.95. The van der Waals surface area contributed by atoms with Gasteiger partial charge in [0.25, 0.3) is 0 Å². The Bertz CT molecular complexity index is 372. The van der Waals surface area contributed by atoms with Crippen LogP contribution in [0, 0.1) is 5.41 Å². The highest BCUT2D eigenvalue weighted by atomic mass is 16.6. The lowest BCUT2D eigenvalue weighted by molar-refractivity contribution is 0.0276. The van der Waals surface area contributed by atoms with Crippen LogP contribution in [0.4, 0.5) is 4.79 Å². The van der Waals surface area contributed by atoms with Crippen molar-refractivity contribution in [3.8, 4) is 0 Å². The van der Waals surface area contributed by atoms with E-state index >= 15 is 0 Å². The van der Waals surface area contributed by atoms with Gasteiger partial charge in [-0.15, -0.1) is 0 Å². The number of rotatable bonds is 3. The fourth-order valence-corrected chi connectivity index (χ4v) is 1.61. The summed E-state index contributed by atoms with van der Waals surface area (Å²) < 4.78 is 5.36. The number of ether oxygens (including phenoxy) is 1. The number of amidine groups is 1. The Morgan fingerprint density at radius 3 is 2.60 bits per heavy atom. The molecule has 0 aliphatic carbocycles. The third kappa shape index (κ3) is 5.77. The maximum atomic E-state index is 12.0. The molecule has 0 spiro atoms. The lowest BCUT2D eigenvalue weighted by Crippen LogP contribution is -2.48. The molecule has 1 rings (SSSR count). The highest BCUT2D eigenvalue weighted by Crippen LogP contribution is 2.13. The summed E-state index contributed by atoms with van der Waals surface area (Å²) >= 11 is 0. The first-order chi connectivity index (χ1) is 9.13. The van der Waals surface area contributed by atoms with Crippen molar-refractivity contribution in [1.29, 1.82) is 0 Å². The second-order valence-electron chi connectivity index (χ2n) is 6.91. The zero-order chi connectivity index (χ0) is 15.4. The minimum absolute atomic E-state index is 0.100. The normalized spacial score (nSPS) is 16.7. The monoisotopic (exact) mass is 285 g/mol. The minimum atomic E-state index is -0.488. The van der Waals surface area contributed by atoms with Gasteiger partial charge in [-0.25, -0.2) is 4.79 Å². The van der Waals surface area contributed by atoms with Gasteiger partial charge in [0.2, 0.25) is 0 Å². The first kappa shape index (κ1) is 16.8. The van der Waals surface area contributed by atoms with E-state index in [1.54, 1.807) is 4.90 Å². The molecule has 0 unspecified atom stereocenters. The van der Waals surface area contributed by atoms with Gasteiger partial charge in [0.15, 0.2) is 0 Å². The average Bonchev–Trinajstić information content (AvgIpc) is 2.35. The zero-order valence-corrected chi connectivity index (χ0v) is 13.2. The van der Waals surface area contributed by atoms with Gasteiger partial charge in [0.1, 0.15) is 11.4 Å². The second-order valence-corrected chi connectivity index (χ2v) is 6.91. The molecule has 0 aromatic heterocycles. The Labute approximate surface area is 121 Å². The van der Waals surface area contributed by atoms with Gasteiger partial charge in [0.05, 0.1) is 13.1 Å². The topological polar surface area (TPSA) is 74.2 Å². The summed E-state index contributed by atoms with van der Waals surface area (Å²) in [4.78, 5) is 18.0. The maximum Gasteiger partial charge on any atom is 0.410 e. The number of aliphatic hydroxyl groups is 1. The van der Waals surface area contributed by atoms with E-state index in [-0.39, 0.29) is 18.1 Å². The number of amides is 1. The van der Waals surface area contributed by atoms with Crippen LogP contribution >= 0.6 is 0 Å². The number of nitrogens with one attached hydrogen (secondary N) is 1. The molecule has 0 aromatic rings. The molecule has 116 valence electrons. The molecule has 20 heavy (non-hydrogen) atoms. The van der Waals surface area contributed by atoms with Crippen molar-refractivity contribution in [3.63, 3.8) is 0 Å². The van der Waals surface area contributed by atoms with E-state index < -0.39 is 5.60 Å². The summed E-state index contributed by atoms with van der Waals surface area (Å²) in [6, 6.07) is 0. The van der Waals surface area contributed by atoms with Crippen LogP contribution in [-0.4, -0.2) is 60.3 Å². The van der Waals surface area contributed by atoms with Crippen LogP contribution in [0.1, 0.15) is 34.6 Å². The van der Waals surface area contributed by atoms with Gasteiger partial charge in [0, 0.05) is 25.1 Å². The third-order valence-electron chi connectivity index (χ3n) is 2.86. The van der Waals surface area contributed by atoms with Gasteiger partial charge in [-0.1, -0.05) is 13.8 Å². The molecule has 0 fully saturated rings. The van der Waals surface area contributed by atoms with Crippen LogP contribution in [0.2, 0.25) is 0 Å². The Kier molecular flexibility index (Phi) is 5.39. The van der Waals surface area contributed by atoms with Crippen molar-refractivity contribution in [2.45, 2.75) is 40.2 Å². The molecule has 6 heteroatoms. The molecular formula is C14H27N3O3. The molecule has 0 aromatic carbocycles. The Morgan fingerprint density at radius 1 is 1.40 bits per heavy atom. The van der Waals surface area contributed by atoms with Crippen LogP contribution in [0.15, 0.2) is 4.99 Å². The maximum absolute atomic E-state index is 12.0. The molecular weight excluding hydrogens is 258 g/mol. The van der Waals surface area contributed by atoms with Crippen LogP contribution < -0.4 is 5.32 Å². The van der Waals surface area contributed by atoms with Crippen LogP contribution in [-0.2, 0) is 4.74 Å². The first-order valence-electron chi connectivity index (χ1n) is 6.99. The molecule has 1 aliphatic heterocycles. The van der Waals surface area contributed by atoms with Crippen molar-refractivity contribution in [2.24, 2.45) is 10.4 Å². The lowest BCUT2D eigenvalue weighted by Gasteiger charge is -2.31. The van der Waals surface area contributed by atoms with Crippen LogP contribution in [0.3, 0.4) is 0 Å². The molecule has 1 amide bonds. The summed E-state index contributed by atoms with van der Waals surface area (Å²) in [5.41, 5.74) is -0.700. The fourth-order valence-electron chi connectivity index (χ4n) is 1.61. The summed E-state index contributed by atoms with van der Waals surface area (Å²) in [7, 11) is 0. The summed E-state index contributed by atoms with van der Waals surface area (Å²) in [5.74, 6) is 0.767. The standard InChI is InChI=1S/C14H27N3O3/c1-13(2,3)20-12(19)17-7-6-15-11(8-17)16-9-14(4,5)10-18/h18H,6-10H2,1-5H3,(H,15,16). The summed E-state index contributed by atoms with van der Waals surface area (Å²) in [5, 5.41) is 12.4. The minimum Gasteiger partial charge on any atom is -0.444 e. The predicted octanol–water partition coefficient (Wildman–Crippen LogP) is 1.24. The highest BCUT2D eigenvalue weighted by Gasteiger charge is 2.25. The average molecular weight is 285 g/mol. The molecule has 0 saturated heterocycles. The Hall–Kier alpha value is -1.30. The van der Waals surface area contributed by atoms with E-state index in [0.717, 1.165) is 5.84 Å². The summed E-state index contributed by atoms with van der Waals surface area (Å²) in [6.07, 6.45) is -0.312. The van der Waals surface area contributed by atoms with Crippen LogP contribution in [0.5, 0.6) is 0 Å². The molecule has 6 nitrogen and oxygen atoms in total. The van der Waals surface area contributed by atoms with Gasteiger partial charge in [-0.3, -0.25) is 9.89 Å². The number of hydrogen-bond donors (Lipinski definition) is 2. The van der Waals surface area contributed by atoms with E-state index in [0.29, 0.717) is 26.2 Å². The van der Waals surface area contributed by atoms with E-state index in [2.05, 4.69) is 10.3 Å². The second kappa shape index (κ2) is 6.43. The van der Waals surface area contributed by atoms with Gasteiger partial charge in [-0.05, 0) is 20.8 Å². The number of carbonyl (C=O) groups excluding carboxylic acids is 1. The number of carbonyl (C=O) groups is 1. The number of aliphatic hydroxyl groups excluding tert-OH is 1. The number of hydrogen-bond acceptors (Lipinski definition) is 5. The molecule has 0 bridgehead atoms. The van der Waals surface area contributed by atoms with E-state index in [4.69, 9.17) is 4.74 Å². The highest BCUT2D eigenvalue weighted by molar-refractivity contribution is 5.87. The van der Waals surface area contributed by atoms with Crippen molar-refractivity contribution >= 4 is 11.9 Å². The van der Waals surface area contributed by atoms with Crippen molar-refractivity contribution in [3.05, 3.63) is 0 Å². The van der Waals surface area contributed by atoms with Crippen molar-refractivity contribution < 1.29 is 14.6 Å². The third-order valence-corrected chi connectivity index (χ3v) is 2.86. The number of nitrogens with zero attached hydrogens (tertiary/aromatic N) is 2. The SMILES string of the molecule is CC(C)(CO)CNC1=NCCN(C(=O)OC(C)(C)C)C1. The van der Waals surface area contributed by atoms with Gasteiger partial charge < -0.3 is 15.2 Å². The molecule has 2 N–H and O–H groups in total. The van der Waals surface area contributed by atoms with Crippen molar-refractivity contribution in [2.75, 3.05) is 32.8 Å². The van der Waals surface area contributed by atoms with Gasteiger partial charge in [-0.2, -0.15) is 0 Å². The van der Waals surface area contributed by atoms with Crippen LogP contribution in [0.25, 0.3) is 0 Å². The summed E-state index contributed by atoms with van der Waals surface area (Å²) in [6.45, 7) is 11.8. The Morgan fingerprint density at radius 2 is 2.05 bits per heavy atom. The smallest absolute Gasteiger partial charge is 0.410 e. The van der Waals surface area contributed by atoms with E-state index in [9.17, 15) is 9.90 Å². The predicted molar refractivity (Wildman–Crippen MR) is 79.0 cm³/mol. The zero-order valence-electron chi connectivity index (χ0n) is 13.2. The molecule has 0 saturated carbocycles. The van der Waals surface area contributed by atoms with Crippen molar-refractivity contribution in [1.82, 2.24) is 10.2 Å². The fraction of sp³-hybridized carbons (Fsp3) is 0.857. The van der Waals surface area contributed by atoms with E-state index in [1.807, 2.05) is 34.6 Å². The van der Waals surface area contributed by atoms with Gasteiger partial charge >= 0.3 is 6.09 Å². The largest absolute Gasteiger partial charge is 0.444 e. The first-order valence-corrected chi connectivity index (χ1v) is 6.99. The molecule has 1 heterocycles. The quantitative estimate of drug-likeness (QED) is 0.818. The molecule has 0 radical (unpaired) electrons. The Balaban J connectivity index is 2.50. The van der Waals surface area contributed by atoms with E-state index in [1.165, 1.54) is 0 Å². The molecule has 0 atom stereocenters. The number of aliphatic imine (C=N–C) groups is 1. The molecule has 1 aliphatic rings.